The van der Waals surface area contributed by atoms with Gasteiger partial charge >= 0.3 is 5.69 Å². The molecule has 0 unspecified atom stereocenters. The lowest BCUT2D eigenvalue weighted by Gasteiger charge is -2.43. The summed E-state index contributed by atoms with van der Waals surface area (Å²) in [6.45, 7) is 6.67. The molecule has 0 atom stereocenters. The van der Waals surface area contributed by atoms with E-state index in [1.54, 1.807) is 6.07 Å². The molecule has 0 bridgehead atoms. The van der Waals surface area contributed by atoms with Crippen molar-refractivity contribution in [3.63, 3.8) is 0 Å². The normalized spacial score (nSPS) is 22.4. The van der Waals surface area contributed by atoms with Crippen LogP contribution < -0.4 is 9.64 Å². The third-order valence-electron chi connectivity index (χ3n) is 6.64. The molecular weight excluding hydrogens is 356 g/mol. The number of piperazine rings is 1. The molecule has 2 saturated heterocycles. The van der Waals surface area contributed by atoms with Crippen molar-refractivity contribution in [3.8, 4) is 5.75 Å². The van der Waals surface area contributed by atoms with E-state index < -0.39 is 0 Å². The number of nitrogens with zero attached hydrogens (tertiary/aromatic N) is 4. The van der Waals surface area contributed by atoms with E-state index >= 15 is 0 Å². The first-order valence-electron chi connectivity index (χ1n) is 10.6. The lowest BCUT2D eigenvalue weighted by molar-refractivity contribution is -0.385. The van der Waals surface area contributed by atoms with E-state index in [9.17, 15) is 10.1 Å². The molecule has 28 heavy (non-hydrogen) atoms. The Morgan fingerprint density at radius 2 is 1.75 bits per heavy atom. The van der Waals surface area contributed by atoms with Gasteiger partial charge in [-0.05, 0) is 50.6 Å². The molecule has 3 aliphatic rings. The minimum absolute atomic E-state index is 0.0919. The number of benzene rings is 1. The molecule has 1 aromatic rings. The SMILES string of the molecule is COc1cc(N2CCC(N3CCN(C)CC3)CC2)c(CC2CC2)cc1[N+](=O)[O-]. The number of likely N-dealkylation sites (N-methyl/N-ethyl adjacent to an activating group) is 1. The van der Waals surface area contributed by atoms with E-state index in [4.69, 9.17) is 4.74 Å². The quantitative estimate of drug-likeness (QED) is 0.552. The summed E-state index contributed by atoms with van der Waals surface area (Å²) >= 11 is 0. The summed E-state index contributed by atoms with van der Waals surface area (Å²) < 4.78 is 5.36. The van der Waals surface area contributed by atoms with E-state index in [0.717, 1.165) is 56.7 Å². The van der Waals surface area contributed by atoms with Crippen LogP contribution in [0.1, 0.15) is 31.2 Å². The van der Waals surface area contributed by atoms with Gasteiger partial charge in [-0.1, -0.05) is 0 Å². The standard InChI is InChI=1S/C21H32N4O3/c1-22-9-11-23(12-10-22)18-5-7-24(8-6-18)19-15-21(28-2)20(25(26)27)14-17(19)13-16-3-4-16/h14-16,18H,3-13H2,1-2H3. The predicted molar refractivity (Wildman–Crippen MR) is 110 cm³/mol. The second-order valence-electron chi connectivity index (χ2n) is 8.61. The number of ether oxygens (including phenoxy) is 1. The molecule has 154 valence electrons. The first kappa shape index (κ1) is 19.5. The maximum atomic E-state index is 11.5. The molecule has 2 heterocycles. The summed E-state index contributed by atoms with van der Waals surface area (Å²) in [5.74, 6) is 1.07. The van der Waals surface area contributed by atoms with Gasteiger partial charge in [-0.25, -0.2) is 0 Å². The zero-order chi connectivity index (χ0) is 19.7. The van der Waals surface area contributed by atoms with Gasteiger partial charge in [0.2, 0.25) is 0 Å². The molecule has 0 spiro atoms. The fraction of sp³-hybridized carbons (Fsp3) is 0.714. The smallest absolute Gasteiger partial charge is 0.311 e. The second kappa shape index (κ2) is 8.25. The van der Waals surface area contributed by atoms with Crippen molar-refractivity contribution in [3.05, 3.63) is 27.8 Å². The molecule has 0 N–H and O–H groups in total. The monoisotopic (exact) mass is 388 g/mol. The van der Waals surface area contributed by atoms with Gasteiger partial charge in [0.05, 0.1) is 12.0 Å². The van der Waals surface area contributed by atoms with Crippen LogP contribution in [0.3, 0.4) is 0 Å². The van der Waals surface area contributed by atoms with E-state index in [1.165, 1.54) is 33.0 Å². The average Bonchev–Trinajstić information content (AvgIpc) is 3.52. The van der Waals surface area contributed by atoms with E-state index in [0.29, 0.717) is 17.7 Å². The van der Waals surface area contributed by atoms with Crippen LogP contribution in [0.5, 0.6) is 5.75 Å². The van der Waals surface area contributed by atoms with Gasteiger partial charge in [0.15, 0.2) is 5.75 Å². The highest BCUT2D eigenvalue weighted by molar-refractivity contribution is 5.65. The lowest BCUT2D eigenvalue weighted by atomic mass is 9.98. The highest BCUT2D eigenvalue weighted by atomic mass is 16.6. The number of nitro benzene ring substituents is 1. The molecule has 3 fully saturated rings. The largest absolute Gasteiger partial charge is 0.490 e. The molecule has 4 rings (SSSR count). The summed E-state index contributed by atoms with van der Waals surface area (Å²) in [7, 11) is 3.72. The maximum Gasteiger partial charge on any atom is 0.311 e. The van der Waals surface area contributed by atoms with Crippen LogP contribution in [0.2, 0.25) is 0 Å². The van der Waals surface area contributed by atoms with Gasteiger partial charge in [0.25, 0.3) is 0 Å². The Bertz CT molecular complexity index is 706. The molecule has 2 aliphatic heterocycles. The predicted octanol–water partition coefficient (Wildman–Crippen LogP) is 2.77. The fourth-order valence-corrected chi connectivity index (χ4v) is 4.66. The first-order chi connectivity index (χ1) is 13.5. The molecule has 0 aromatic heterocycles. The minimum atomic E-state index is -0.321. The minimum Gasteiger partial charge on any atom is -0.490 e. The second-order valence-corrected chi connectivity index (χ2v) is 8.61. The topological polar surface area (TPSA) is 62.1 Å². The number of nitro groups is 1. The van der Waals surface area contributed by atoms with Crippen LogP contribution in [0.4, 0.5) is 11.4 Å². The Labute approximate surface area is 167 Å². The number of hydrogen-bond donors (Lipinski definition) is 0. The summed E-state index contributed by atoms with van der Waals surface area (Å²) in [4.78, 5) is 18.6. The average molecular weight is 389 g/mol. The first-order valence-corrected chi connectivity index (χ1v) is 10.6. The van der Waals surface area contributed by atoms with Crippen molar-refractivity contribution >= 4 is 11.4 Å². The van der Waals surface area contributed by atoms with Crippen LogP contribution in [0.25, 0.3) is 0 Å². The number of rotatable bonds is 6. The van der Waals surface area contributed by atoms with Crippen LogP contribution in [-0.4, -0.2) is 74.2 Å². The van der Waals surface area contributed by atoms with E-state index in [1.807, 2.05) is 6.07 Å². The highest BCUT2D eigenvalue weighted by Gasteiger charge is 2.31. The lowest BCUT2D eigenvalue weighted by Crippen LogP contribution is -2.52. The molecule has 1 aromatic carbocycles. The molecule has 0 radical (unpaired) electrons. The number of hydrogen-bond acceptors (Lipinski definition) is 6. The Kier molecular flexibility index (Phi) is 5.73. The summed E-state index contributed by atoms with van der Waals surface area (Å²) in [5.41, 5.74) is 2.36. The van der Waals surface area contributed by atoms with Crippen LogP contribution >= 0.6 is 0 Å². The van der Waals surface area contributed by atoms with Crippen molar-refractivity contribution in [2.45, 2.75) is 38.1 Å². The van der Waals surface area contributed by atoms with Crippen LogP contribution in [0, 0.1) is 16.0 Å². The van der Waals surface area contributed by atoms with E-state index in [-0.39, 0.29) is 10.6 Å². The summed E-state index contributed by atoms with van der Waals surface area (Å²) in [6.07, 6.45) is 5.74. The molecule has 1 saturated carbocycles. The zero-order valence-corrected chi connectivity index (χ0v) is 17.1. The summed E-state index contributed by atoms with van der Waals surface area (Å²) in [6, 6.07) is 4.34. The Hall–Kier alpha value is -1.86. The Morgan fingerprint density at radius 3 is 2.32 bits per heavy atom. The Balaban J connectivity index is 1.49. The maximum absolute atomic E-state index is 11.5. The fourth-order valence-electron chi connectivity index (χ4n) is 4.66. The summed E-state index contributed by atoms with van der Waals surface area (Å²) in [5, 5.41) is 11.5. The molecule has 1 aliphatic carbocycles. The number of anilines is 1. The van der Waals surface area contributed by atoms with Crippen molar-refractivity contribution in [2.24, 2.45) is 5.92 Å². The van der Waals surface area contributed by atoms with Crippen molar-refractivity contribution in [1.82, 2.24) is 9.80 Å². The van der Waals surface area contributed by atoms with Gasteiger partial charge in [-0.15, -0.1) is 0 Å². The zero-order valence-electron chi connectivity index (χ0n) is 17.1. The third-order valence-corrected chi connectivity index (χ3v) is 6.64. The van der Waals surface area contributed by atoms with Crippen molar-refractivity contribution in [2.75, 3.05) is 58.3 Å². The van der Waals surface area contributed by atoms with Gasteiger partial charge in [0, 0.05) is 63.1 Å². The highest BCUT2D eigenvalue weighted by Crippen LogP contribution is 2.41. The van der Waals surface area contributed by atoms with E-state index in [2.05, 4.69) is 21.7 Å². The van der Waals surface area contributed by atoms with Gasteiger partial charge in [-0.3, -0.25) is 15.0 Å². The number of methoxy groups -OCH3 is 1. The molecule has 7 nitrogen and oxygen atoms in total. The molecular formula is C21H32N4O3. The van der Waals surface area contributed by atoms with Crippen molar-refractivity contribution in [1.29, 1.82) is 0 Å². The van der Waals surface area contributed by atoms with Crippen molar-refractivity contribution < 1.29 is 9.66 Å². The van der Waals surface area contributed by atoms with Gasteiger partial charge < -0.3 is 14.5 Å². The third kappa shape index (κ3) is 4.25. The van der Waals surface area contributed by atoms with Gasteiger partial charge in [-0.2, -0.15) is 0 Å². The molecule has 0 amide bonds. The van der Waals surface area contributed by atoms with Gasteiger partial charge in [0.1, 0.15) is 0 Å². The Morgan fingerprint density at radius 1 is 1.07 bits per heavy atom. The van der Waals surface area contributed by atoms with Crippen LogP contribution in [-0.2, 0) is 6.42 Å². The van der Waals surface area contributed by atoms with Crippen LogP contribution in [0.15, 0.2) is 12.1 Å². The number of piperidine rings is 1. The molecule has 7 heteroatoms.